The summed E-state index contributed by atoms with van der Waals surface area (Å²) in [6.45, 7) is 1.80. The minimum Gasteiger partial charge on any atom is -0.422 e. The van der Waals surface area contributed by atoms with Crippen LogP contribution in [0.25, 0.3) is 17.1 Å². The highest BCUT2D eigenvalue weighted by Gasteiger charge is 2.36. The highest BCUT2D eigenvalue weighted by Crippen LogP contribution is 2.42. The zero-order chi connectivity index (χ0) is 20.1. The molecule has 0 spiro atoms. The molecule has 9 nitrogen and oxygen atoms in total. The van der Waals surface area contributed by atoms with Crippen molar-refractivity contribution in [2.24, 2.45) is 0 Å². The van der Waals surface area contributed by atoms with Gasteiger partial charge >= 0.3 is 6.01 Å². The Morgan fingerprint density at radius 1 is 1.21 bits per heavy atom. The molecule has 0 saturated carbocycles. The van der Waals surface area contributed by atoms with E-state index in [1.807, 2.05) is 18.2 Å². The molecule has 29 heavy (non-hydrogen) atoms. The summed E-state index contributed by atoms with van der Waals surface area (Å²) in [7, 11) is 0. The van der Waals surface area contributed by atoms with E-state index in [9.17, 15) is 14.9 Å². The molecule has 0 fully saturated rings. The van der Waals surface area contributed by atoms with Crippen molar-refractivity contribution in [1.82, 2.24) is 14.8 Å². The minimum absolute atomic E-state index is 0.0211. The third-order valence-corrected chi connectivity index (χ3v) is 5.08. The molecule has 0 bridgehead atoms. The molecule has 1 amide bonds. The van der Waals surface area contributed by atoms with Crippen molar-refractivity contribution in [1.29, 1.82) is 0 Å². The van der Waals surface area contributed by atoms with Crippen molar-refractivity contribution in [2.45, 2.75) is 19.3 Å². The topological polar surface area (TPSA) is 116 Å². The van der Waals surface area contributed by atoms with Gasteiger partial charge in [0.2, 0.25) is 5.91 Å². The number of rotatable bonds is 3. The SMILES string of the molecule is Cc1nn(-c2nc3ccccc3o2)c2c1[C@@H](c1ccccc1[N+](=O)[O-])CC(=O)N2. The Hall–Kier alpha value is -4.01. The lowest BCUT2D eigenvalue weighted by molar-refractivity contribution is -0.385. The van der Waals surface area contributed by atoms with E-state index in [-0.39, 0.29) is 24.0 Å². The van der Waals surface area contributed by atoms with Gasteiger partial charge in [-0.05, 0) is 19.1 Å². The molecule has 0 saturated heterocycles. The summed E-state index contributed by atoms with van der Waals surface area (Å²) in [5, 5.41) is 18.9. The highest BCUT2D eigenvalue weighted by molar-refractivity contribution is 5.95. The Labute approximate surface area is 164 Å². The number of amides is 1. The first-order chi connectivity index (χ1) is 14.0. The van der Waals surface area contributed by atoms with Crippen LogP contribution in [0, 0.1) is 17.0 Å². The molecule has 1 N–H and O–H groups in total. The molecule has 4 aromatic rings. The number of anilines is 1. The number of para-hydroxylation sites is 3. The quantitative estimate of drug-likeness (QED) is 0.422. The molecule has 144 valence electrons. The first-order valence-electron chi connectivity index (χ1n) is 9.01. The van der Waals surface area contributed by atoms with Crippen molar-refractivity contribution in [3.63, 3.8) is 0 Å². The van der Waals surface area contributed by atoms with E-state index in [2.05, 4.69) is 15.4 Å². The number of nitro benzene ring substituents is 1. The number of aromatic nitrogens is 3. The summed E-state index contributed by atoms with van der Waals surface area (Å²) in [5.74, 6) is -0.315. The van der Waals surface area contributed by atoms with Gasteiger partial charge in [0.25, 0.3) is 5.69 Å². The fourth-order valence-electron chi connectivity index (χ4n) is 3.85. The predicted molar refractivity (Wildman–Crippen MR) is 104 cm³/mol. The Bertz CT molecular complexity index is 1260. The van der Waals surface area contributed by atoms with Gasteiger partial charge < -0.3 is 9.73 Å². The van der Waals surface area contributed by atoms with Gasteiger partial charge in [-0.3, -0.25) is 14.9 Å². The van der Waals surface area contributed by atoms with Crippen LogP contribution in [-0.2, 0) is 4.79 Å². The number of hydrogen-bond acceptors (Lipinski definition) is 6. The number of benzene rings is 2. The van der Waals surface area contributed by atoms with Crippen LogP contribution in [0.15, 0.2) is 52.9 Å². The molecule has 0 radical (unpaired) electrons. The van der Waals surface area contributed by atoms with Crippen molar-refractivity contribution in [3.8, 4) is 6.01 Å². The summed E-state index contributed by atoms with van der Waals surface area (Å²) in [6, 6.07) is 14.0. The van der Waals surface area contributed by atoms with Crippen LogP contribution < -0.4 is 5.32 Å². The Balaban J connectivity index is 1.70. The van der Waals surface area contributed by atoms with Crippen LogP contribution in [0.1, 0.15) is 29.2 Å². The monoisotopic (exact) mass is 389 g/mol. The largest absolute Gasteiger partial charge is 0.422 e. The zero-order valence-corrected chi connectivity index (χ0v) is 15.3. The average molecular weight is 389 g/mol. The molecule has 2 aromatic carbocycles. The first kappa shape index (κ1) is 17.1. The molecule has 0 unspecified atom stereocenters. The van der Waals surface area contributed by atoms with Gasteiger partial charge in [0.15, 0.2) is 5.58 Å². The van der Waals surface area contributed by atoms with E-state index in [0.29, 0.717) is 28.2 Å². The highest BCUT2D eigenvalue weighted by atomic mass is 16.6. The van der Waals surface area contributed by atoms with Crippen molar-refractivity contribution in [2.75, 3.05) is 5.32 Å². The lowest BCUT2D eigenvalue weighted by Crippen LogP contribution is -2.25. The fraction of sp³-hybridized carbons (Fsp3) is 0.150. The molecular formula is C20H15N5O4. The van der Waals surface area contributed by atoms with Crippen LogP contribution in [0.2, 0.25) is 0 Å². The normalized spacial score (nSPS) is 15.9. The van der Waals surface area contributed by atoms with E-state index < -0.39 is 10.8 Å². The number of carbonyl (C=O) groups is 1. The number of nitrogens with zero attached hydrogens (tertiary/aromatic N) is 4. The van der Waals surface area contributed by atoms with Crippen LogP contribution in [0.4, 0.5) is 11.5 Å². The maximum atomic E-state index is 12.5. The number of nitrogens with one attached hydrogen (secondary N) is 1. The third kappa shape index (κ3) is 2.66. The zero-order valence-electron chi connectivity index (χ0n) is 15.3. The molecule has 2 aromatic heterocycles. The Kier molecular flexibility index (Phi) is 3.70. The number of hydrogen-bond donors (Lipinski definition) is 1. The molecule has 5 rings (SSSR count). The van der Waals surface area contributed by atoms with Crippen molar-refractivity contribution >= 4 is 28.5 Å². The third-order valence-electron chi connectivity index (χ3n) is 5.08. The second-order valence-electron chi connectivity index (χ2n) is 6.84. The average Bonchev–Trinajstić information content (AvgIpc) is 3.28. The molecular weight excluding hydrogens is 374 g/mol. The van der Waals surface area contributed by atoms with Gasteiger partial charge in [-0.15, -0.1) is 0 Å². The van der Waals surface area contributed by atoms with E-state index in [0.717, 1.165) is 5.56 Å². The maximum Gasteiger partial charge on any atom is 0.325 e. The number of fused-ring (bicyclic) bond motifs is 2. The van der Waals surface area contributed by atoms with Gasteiger partial charge in [0, 0.05) is 29.5 Å². The number of oxazole rings is 1. The van der Waals surface area contributed by atoms with Gasteiger partial charge in [-0.2, -0.15) is 14.8 Å². The lowest BCUT2D eigenvalue weighted by atomic mass is 9.85. The van der Waals surface area contributed by atoms with Gasteiger partial charge in [0.1, 0.15) is 11.3 Å². The molecule has 1 atom stereocenters. The molecule has 0 aliphatic carbocycles. The summed E-state index contributed by atoms with van der Waals surface area (Å²) in [4.78, 5) is 28.0. The first-order valence-corrected chi connectivity index (χ1v) is 9.01. The Morgan fingerprint density at radius 2 is 1.97 bits per heavy atom. The summed E-state index contributed by atoms with van der Waals surface area (Å²) < 4.78 is 7.25. The van der Waals surface area contributed by atoms with Crippen molar-refractivity contribution in [3.05, 3.63) is 75.5 Å². The lowest BCUT2D eigenvalue weighted by Gasteiger charge is -2.23. The van der Waals surface area contributed by atoms with E-state index in [1.165, 1.54) is 10.7 Å². The van der Waals surface area contributed by atoms with E-state index >= 15 is 0 Å². The number of aryl methyl sites for hydroxylation is 1. The van der Waals surface area contributed by atoms with Crippen molar-refractivity contribution < 1.29 is 14.1 Å². The standard InChI is InChI=1S/C20H15N5O4/c1-11-18-13(12-6-2-4-8-15(12)25(27)28)10-17(26)22-19(18)24(23-11)20-21-14-7-3-5-9-16(14)29-20/h2-9,13H,10H2,1H3,(H,22,26)/t13-/m1/s1. The summed E-state index contributed by atoms with van der Waals surface area (Å²) in [6.07, 6.45) is 0.0952. The fourth-order valence-corrected chi connectivity index (χ4v) is 3.85. The molecule has 1 aliphatic rings. The van der Waals surface area contributed by atoms with E-state index in [1.54, 1.807) is 31.2 Å². The van der Waals surface area contributed by atoms with E-state index in [4.69, 9.17) is 4.42 Å². The van der Waals surface area contributed by atoms with Crippen LogP contribution in [0.5, 0.6) is 0 Å². The summed E-state index contributed by atoms with van der Waals surface area (Å²) >= 11 is 0. The minimum atomic E-state index is -0.488. The molecule has 9 heteroatoms. The van der Waals surface area contributed by atoms with Crippen LogP contribution in [0.3, 0.4) is 0 Å². The van der Waals surface area contributed by atoms with Crippen LogP contribution >= 0.6 is 0 Å². The number of carbonyl (C=O) groups excluding carboxylic acids is 1. The smallest absolute Gasteiger partial charge is 0.325 e. The second kappa shape index (κ2) is 6.26. The molecule has 1 aliphatic heterocycles. The van der Waals surface area contributed by atoms with Crippen LogP contribution in [-0.4, -0.2) is 25.6 Å². The summed E-state index contributed by atoms with van der Waals surface area (Å²) in [5.41, 5.74) is 3.09. The Morgan fingerprint density at radius 3 is 2.76 bits per heavy atom. The number of nitro groups is 1. The molecule has 3 heterocycles. The van der Waals surface area contributed by atoms with Gasteiger partial charge in [0.05, 0.1) is 10.6 Å². The van der Waals surface area contributed by atoms with Gasteiger partial charge in [-0.25, -0.2) is 0 Å². The second-order valence-corrected chi connectivity index (χ2v) is 6.84. The maximum absolute atomic E-state index is 12.5. The predicted octanol–water partition coefficient (Wildman–Crippen LogP) is 3.70. The van der Waals surface area contributed by atoms with Gasteiger partial charge in [-0.1, -0.05) is 30.3 Å².